The summed E-state index contributed by atoms with van der Waals surface area (Å²) in [6, 6.07) is 0. The fourth-order valence-electron chi connectivity index (χ4n) is 1.69. The monoisotopic (exact) mass is 208 g/mol. The van der Waals surface area contributed by atoms with Gasteiger partial charge in [-0.1, -0.05) is 0 Å². The number of aliphatic hydroxyl groups is 1. The van der Waals surface area contributed by atoms with Gasteiger partial charge in [0.15, 0.2) is 5.34 Å². The lowest BCUT2D eigenvalue weighted by molar-refractivity contribution is 0.0926. The van der Waals surface area contributed by atoms with Crippen LogP contribution in [0.4, 0.5) is 0 Å². The number of hydrogen-bond donors (Lipinski definition) is 1. The largest absolute Gasteiger partial charge is 0.377 e. The molecule has 1 fully saturated rings. The molecule has 1 rings (SSSR count). The van der Waals surface area contributed by atoms with Gasteiger partial charge in [-0.15, -0.1) is 0 Å². The molecule has 5 heteroatoms. The van der Waals surface area contributed by atoms with Gasteiger partial charge in [0.2, 0.25) is 0 Å². The fraction of sp³-hybridized carbons (Fsp3) is 1.00. The predicted octanol–water partition coefficient (Wildman–Crippen LogP) is 2.12. The van der Waals surface area contributed by atoms with Crippen LogP contribution in [0.15, 0.2) is 0 Å². The van der Waals surface area contributed by atoms with Gasteiger partial charge in [0.05, 0.1) is 12.2 Å². The van der Waals surface area contributed by atoms with Crippen molar-refractivity contribution >= 4 is 7.60 Å². The van der Waals surface area contributed by atoms with Crippen LogP contribution >= 0.6 is 7.60 Å². The normalized spacial score (nSPS) is 43.8. The molecule has 0 radical (unpaired) electrons. The van der Waals surface area contributed by atoms with Crippen LogP contribution in [0.25, 0.3) is 0 Å². The molecule has 1 saturated heterocycles. The molecule has 0 aromatic carbocycles. The van der Waals surface area contributed by atoms with Gasteiger partial charge in [-0.05, 0) is 27.7 Å². The highest BCUT2D eigenvalue weighted by atomic mass is 31.2. The van der Waals surface area contributed by atoms with Gasteiger partial charge >= 0.3 is 7.60 Å². The second-order valence-electron chi connectivity index (χ2n) is 4.16. The molecule has 4 nitrogen and oxygen atoms in total. The lowest BCUT2D eigenvalue weighted by Crippen LogP contribution is -2.24. The first kappa shape index (κ1) is 11.2. The molecule has 0 saturated carbocycles. The van der Waals surface area contributed by atoms with Crippen molar-refractivity contribution in [2.24, 2.45) is 0 Å². The van der Waals surface area contributed by atoms with E-state index in [1.54, 1.807) is 20.8 Å². The average Bonchev–Trinajstić information content (AvgIpc) is 1.96. The summed E-state index contributed by atoms with van der Waals surface area (Å²) in [5.74, 6) is 0. The summed E-state index contributed by atoms with van der Waals surface area (Å²) in [7, 11) is -3.34. The van der Waals surface area contributed by atoms with Crippen LogP contribution in [0.2, 0.25) is 0 Å². The third-order valence-electron chi connectivity index (χ3n) is 2.02. The zero-order chi connectivity index (χ0) is 10.3. The molecule has 0 aromatic rings. The molecule has 1 heterocycles. The van der Waals surface area contributed by atoms with Crippen molar-refractivity contribution in [1.82, 2.24) is 0 Å². The van der Waals surface area contributed by atoms with E-state index in [1.165, 1.54) is 6.92 Å². The highest BCUT2D eigenvalue weighted by Gasteiger charge is 2.58. The molecule has 0 aliphatic carbocycles. The molecule has 1 aliphatic heterocycles. The Kier molecular flexibility index (Phi) is 2.63. The zero-order valence-electron chi connectivity index (χ0n) is 8.53. The third kappa shape index (κ3) is 1.96. The molecule has 1 aliphatic rings. The van der Waals surface area contributed by atoms with Gasteiger partial charge in [-0.2, -0.15) is 0 Å². The molecule has 1 N–H and O–H groups in total. The fourth-order valence-corrected chi connectivity index (χ4v) is 3.85. The highest BCUT2D eigenvalue weighted by molar-refractivity contribution is 7.55. The maximum Gasteiger partial charge on any atom is 0.362 e. The summed E-state index contributed by atoms with van der Waals surface area (Å²) < 4.78 is 22.3. The Labute approximate surface area is 78.8 Å². The van der Waals surface area contributed by atoms with Crippen LogP contribution in [0.1, 0.15) is 34.1 Å². The van der Waals surface area contributed by atoms with E-state index in [-0.39, 0.29) is 6.61 Å². The minimum Gasteiger partial charge on any atom is -0.377 e. The minimum absolute atomic E-state index is 0.281. The van der Waals surface area contributed by atoms with Gasteiger partial charge < -0.3 is 14.2 Å². The van der Waals surface area contributed by atoms with E-state index in [4.69, 9.17) is 9.05 Å². The van der Waals surface area contributed by atoms with Crippen LogP contribution in [-0.4, -0.2) is 22.7 Å². The van der Waals surface area contributed by atoms with E-state index in [9.17, 15) is 9.67 Å². The molecule has 0 unspecified atom stereocenters. The summed E-state index contributed by atoms with van der Waals surface area (Å²) in [5.41, 5.74) is -0.575. The first-order chi connectivity index (χ1) is 5.72. The van der Waals surface area contributed by atoms with Crippen molar-refractivity contribution < 1.29 is 18.7 Å². The lowest BCUT2D eigenvalue weighted by Gasteiger charge is -2.22. The molecule has 0 bridgehead atoms. The Morgan fingerprint density at radius 3 is 2.38 bits per heavy atom. The summed E-state index contributed by atoms with van der Waals surface area (Å²) in [5, 5.41) is 8.51. The van der Waals surface area contributed by atoms with Crippen molar-refractivity contribution in [2.75, 3.05) is 6.61 Å². The van der Waals surface area contributed by atoms with Crippen molar-refractivity contribution in [3.63, 3.8) is 0 Å². The van der Waals surface area contributed by atoms with E-state index in [1.807, 2.05) is 0 Å². The first-order valence-corrected chi connectivity index (χ1v) is 5.94. The van der Waals surface area contributed by atoms with Crippen LogP contribution in [0, 0.1) is 0 Å². The van der Waals surface area contributed by atoms with E-state index in [0.717, 1.165) is 0 Å². The molecule has 2 atom stereocenters. The predicted molar refractivity (Wildman–Crippen MR) is 49.6 cm³/mol. The second-order valence-corrected chi connectivity index (χ2v) is 6.56. The summed E-state index contributed by atoms with van der Waals surface area (Å²) in [6.07, 6.45) is 0.331. The van der Waals surface area contributed by atoms with Gasteiger partial charge in [0.25, 0.3) is 0 Å². The zero-order valence-corrected chi connectivity index (χ0v) is 9.43. The Hall–Kier alpha value is 0.110. The highest BCUT2D eigenvalue weighted by Crippen LogP contribution is 2.68. The third-order valence-corrected chi connectivity index (χ3v) is 4.69. The molecule has 0 aromatic heterocycles. The van der Waals surface area contributed by atoms with Crippen molar-refractivity contribution in [1.29, 1.82) is 0 Å². The maximum absolute atomic E-state index is 12.0. The molecule has 78 valence electrons. The van der Waals surface area contributed by atoms with Crippen LogP contribution in [-0.2, 0) is 13.6 Å². The van der Waals surface area contributed by atoms with Crippen LogP contribution in [0.5, 0.6) is 0 Å². The van der Waals surface area contributed by atoms with E-state index < -0.39 is 18.5 Å². The number of hydrogen-bond acceptors (Lipinski definition) is 4. The summed E-state index contributed by atoms with van der Waals surface area (Å²) in [6.45, 7) is 7.09. The van der Waals surface area contributed by atoms with Crippen molar-refractivity contribution in [3.8, 4) is 0 Å². The first-order valence-electron chi connectivity index (χ1n) is 4.40. The molecule has 0 amide bonds. The molecular formula is C8H17O4P. The van der Waals surface area contributed by atoms with Gasteiger partial charge in [0.1, 0.15) is 0 Å². The van der Waals surface area contributed by atoms with Crippen molar-refractivity contribution in [2.45, 2.75) is 45.1 Å². The van der Waals surface area contributed by atoms with Gasteiger partial charge in [-0.25, -0.2) is 0 Å². The van der Waals surface area contributed by atoms with Crippen LogP contribution < -0.4 is 0 Å². The Morgan fingerprint density at radius 1 is 1.54 bits per heavy atom. The standard InChI is InChI=1S/C8H17O4P/c1-5-11-13(10)8(4,9)6-7(2,3)12-13/h9H,5-6H2,1-4H3/t8-,13+/m1/s1. The Morgan fingerprint density at radius 2 is 2.08 bits per heavy atom. The van der Waals surface area contributed by atoms with Gasteiger partial charge in [0, 0.05) is 6.42 Å². The maximum atomic E-state index is 12.0. The molecule has 0 spiro atoms. The molecule has 13 heavy (non-hydrogen) atoms. The van der Waals surface area contributed by atoms with Crippen LogP contribution in [0.3, 0.4) is 0 Å². The topological polar surface area (TPSA) is 55.8 Å². The second kappa shape index (κ2) is 3.06. The minimum atomic E-state index is -3.34. The average molecular weight is 208 g/mol. The quantitative estimate of drug-likeness (QED) is 0.706. The van der Waals surface area contributed by atoms with E-state index in [0.29, 0.717) is 6.42 Å². The summed E-state index contributed by atoms with van der Waals surface area (Å²) >= 11 is 0. The smallest absolute Gasteiger partial charge is 0.362 e. The summed E-state index contributed by atoms with van der Waals surface area (Å²) in [4.78, 5) is 0. The Bertz CT molecular complexity index is 247. The SMILES string of the molecule is CCO[P@]1(=O)OC(C)(C)C[C@]1(C)O. The number of rotatable bonds is 2. The lowest BCUT2D eigenvalue weighted by atomic mass is 10.0. The van der Waals surface area contributed by atoms with Gasteiger partial charge in [-0.3, -0.25) is 4.57 Å². The van der Waals surface area contributed by atoms with Crippen molar-refractivity contribution in [3.05, 3.63) is 0 Å². The van der Waals surface area contributed by atoms with E-state index in [2.05, 4.69) is 0 Å². The van der Waals surface area contributed by atoms with E-state index >= 15 is 0 Å². The molecular weight excluding hydrogens is 191 g/mol. The Balaban J connectivity index is 2.93.